The Morgan fingerprint density at radius 3 is 2.36 bits per heavy atom. The van der Waals surface area contributed by atoms with E-state index in [0.717, 1.165) is 12.2 Å². The van der Waals surface area contributed by atoms with Gasteiger partial charge in [-0.25, -0.2) is 0 Å². The van der Waals surface area contributed by atoms with E-state index in [1.165, 1.54) is 5.57 Å². The minimum absolute atomic E-state index is 0.652. The predicted octanol–water partition coefficient (Wildman–Crippen LogP) is 4.37. The van der Waals surface area contributed by atoms with Crippen LogP contribution in [0.4, 0.5) is 5.69 Å². The number of allylic oxidation sites excluding steroid dienone is 1. The van der Waals surface area contributed by atoms with Crippen LogP contribution in [0, 0.1) is 0 Å². The highest BCUT2D eigenvalue weighted by atomic mass is 35.5. The fraction of sp³-hybridized carbons (Fsp3) is 0.273. The highest BCUT2D eigenvalue weighted by Gasteiger charge is 2.02. The Balaban J connectivity index is 2.71. The van der Waals surface area contributed by atoms with Crippen molar-refractivity contribution < 1.29 is 0 Å². The fourth-order valence-electron chi connectivity index (χ4n) is 1.02. The quantitative estimate of drug-likeness (QED) is 0.760. The molecule has 0 heterocycles. The third kappa shape index (κ3) is 3.24. The van der Waals surface area contributed by atoms with E-state index < -0.39 is 0 Å². The number of benzene rings is 1. The smallest absolute Gasteiger partial charge is 0.0721 e. The molecule has 1 N–H and O–H groups in total. The van der Waals surface area contributed by atoms with Crippen LogP contribution in [0.1, 0.15) is 13.8 Å². The number of halogens is 2. The minimum atomic E-state index is 0.652. The van der Waals surface area contributed by atoms with Crippen LogP contribution in [0.2, 0.25) is 10.0 Å². The molecule has 0 bridgehead atoms. The van der Waals surface area contributed by atoms with Crippen LogP contribution in [-0.2, 0) is 0 Å². The van der Waals surface area contributed by atoms with Gasteiger partial charge < -0.3 is 5.32 Å². The van der Waals surface area contributed by atoms with E-state index in [2.05, 4.69) is 25.2 Å². The van der Waals surface area contributed by atoms with E-state index in [1.54, 1.807) is 0 Å². The summed E-state index contributed by atoms with van der Waals surface area (Å²) in [7, 11) is 0. The summed E-state index contributed by atoms with van der Waals surface area (Å²) in [4.78, 5) is 0. The third-order valence-electron chi connectivity index (χ3n) is 1.75. The molecule has 0 aliphatic carbocycles. The summed E-state index contributed by atoms with van der Waals surface area (Å²) in [5.41, 5.74) is 2.06. The van der Waals surface area contributed by atoms with Crippen LogP contribution >= 0.6 is 23.2 Å². The molecule has 0 aromatic heterocycles. The monoisotopic (exact) mass is 229 g/mol. The maximum Gasteiger partial charge on any atom is 0.0721 e. The summed E-state index contributed by atoms with van der Waals surface area (Å²) >= 11 is 12.0. The molecule has 14 heavy (non-hydrogen) atoms. The van der Waals surface area contributed by atoms with Crippen molar-refractivity contribution >= 4 is 28.9 Å². The zero-order chi connectivity index (χ0) is 10.6. The van der Waals surface area contributed by atoms with Crippen molar-refractivity contribution in [3.8, 4) is 0 Å². The summed E-state index contributed by atoms with van der Waals surface area (Å²) < 4.78 is 0. The molecule has 0 atom stereocenters. The van der Waals surface area contributed by atoms with Gasteiger partial charge in [0.1, 0.15) is 0 Å². The van der Waals surface area contributed by atoms with Crippen LogP contribution in [0.25, 0.3) is 0 Å². The summed E-state index contributed by atoms with van der Waals surface area (Å²) in [5.74, 6) is 0. The summed E-state index contributed by atoms with van der Waals surface area (Å²) in [5, 5.41) is 4.48. The number of anilines is 1. The van der Waals surface area contributed by atoms with Gasteiger partial charge in [0, 0.05) is 6.54 Å². The Bertz CT molecular complexity index is 321. The van der Waals surface area contributed by atoms with Gasteiger partial charge in [0.25, 0.3) is 0 Å². The second-order valence-electron chi connectivity index (χ2n) is 3.26. The van der Waals surface area contributed by atoms with Gasteiger partial charge >= 0.3 is 0 Å². The lowest BCUT2D eigenvalue weighted by atomic mass is 10.3. The van der Waals surface area contributed by atoms with Crippen molar-refractivity contribution in [2.75, 3.05) is 11.9 Å². The van der Waals surface area contributed by atoms with Crippen molar-refractivity contribution in [3.63, 3.8) is 0 Å². The van der Waals surface area contributed by atoms with Crippen LogP contribution in [0.15, 0.2) is 29.8 Å². The molecule has 0 radical (unpaired) electrons. The molecule has 0 spiro atoms. The van der Waals surface area contributed by atoms with Gasteiger partial charge in [-0.3, -0.25) is 0 Å². The Labute approximate surface area is 94.7 Å². The lowest BCUT2D eigenvalue weighted by Gasteiger charge is -2.07. The first-order valence-electron chi connectivity index (χ1n) is 4.42. The number of rotatable bonds is 3. The van der Waals surface area contributed by atoms with Crippen molar-refractivity contribution in [1.29, 1.82) is 0 Å². The van der Waals surface area contributed by atoms with Gasteiger partial charge in [-0.05, 0) is 26.0 Å². The Hall–Kier alpha value is -0.660. The topological polar surface area (TPSA) is 12.0 Å². The predicted molar refractivity (Wildman–Crippen MR) is 64.4 cm³/mol. The van der Waals surface area contributed by atoms with Gasteiger partial charge in [0.2, 0.25) is 0 Å². The van der Waals surface area contributed by atoms with E-state index in [-0.39, 0.29) is 0 Å². The second-order valence-corrected chi connectivity index (χ2v) is 4.07. The van der Waals surface area contributed by atoms with Crippen molar-refractivity contribution in [3.05, 3.63) is 39.9 Å². The Kier molecular flexibility index (Phi) is 4.30. The molecule has 1 aromatic carbocycles. The molecule has 1 nitrogen and oxygen atoms in total. The van der Waals surface area contributed by atoms with Crippen LogP contribution in [0.3, 0.4) is 0 Å². The summed E-state index contributed by atoms with van der Waals surface area (Å²) in [6.45, 7) is 4.84. The molecule has 0 aliphatic rings. The van der Waals surface area contributed by atoms with Gasteiger partial charge in [-0.2, -0.15) is 0 Å². The maximum atomic E-state index is 5.98. The van der Waals surface area contributed by atoms with E-state index in [9.17, 15) is 0 Å². The van der Waals surface area contributed by atoms with Crippen LogP contribution in [-0.4, -0.2) is 6.54 Å². The summed E-state index contributed by atoms with van der Waals surface area (Å²) in [6, 6.07) is 5.47. The van der Waals surface area contributed by atoms with Crippen LogP contribution < -0.4 is 5.32 Å². The van der Waals surface area contributed by atoms with E-state index in [4.69, 9.17) is 23.2 Å². The highest BCUT2D eigenvalue weighted by molar-refractivity contribution is 6.39. The number of nitrogens with one attached hydrogen (secondary N) is 1. The minimum Gasteiger partial charge on any atom is -0.379 e. The zero-order valence-electron chi connectivity index (χ0n) is 8.27. The summed E-state index contributed by atoms with van der Waals surface area (Å²) in [6.07, 6.45) is 2.08. The number of para-hydroxylation sites is 1. The molecule has 0 fully saturated rings. The first kappa shape index (κ1) is 11.4. The third-order valence-corrected chi connectivity index (χ3v) is 2.38. The fourth-order valence-corrected chi connectivity index (χ4v) is 1.55. The SMILES string of the molecule is CC(C)=CCNc1c(Cl)cccc1Cl. The van der Waals surface area contributed by atoms with Crippen molar-refractivity contribution in [1.82, 2.24) is 0 Å². The molecule has 0 saturated heterocycles. The molecule has 0 saturated carbocycles. The molecule has 0 amide bonds. The standard InChI is InChI=1S/C11H13Cl2N/c1-8(2)6-7-14-11-9(12)4-3-5-10(11)13/h3-6,14H,7H2,1-2H3. The van der Waals surface area contributed by atoms with Gasteiger partial charge in [-0.1, -0.05) is 40.9 Å². The maximum absolute atomic E-state index is 5.98. The number of hydrogen-bond acceptors (Lipinski definition) is 1. The molecular formula is C11H13Cl2N. The molecule has 0 unspecified atom stereocenters. The van der Waals surface area contributed by atoms with E-state index in [1.807, 2.05) is 18.2 Å². The molecular weight excluding hydrogens is 217 g/mol. The first-order chi connectivity index (χ1) is 6.61. The lowest BCUT2D eigenvalue weighted by molar-refractivity contribution is 1.26. The Morgan fingerprint density at radius 1 is 1.29 bits per heavy atom. The molecule has 3 heteroatoms. The zero-order valence-corrected chi connectivity index (χ0v) is 9.78. The van der Waals surface area contributed by atoms with Gasteiger partial charge in [0.05, 0.1) is 15.7 Å². The van der Waals surface area contributed by atoms with Gasteiger partial charge in [0.15, 0.2) is 0 Å². The van der Waals surface area contributed by atoms with Gasteiger partial charge in [-0.15, -0.1) is 0 Å². The van der Waals surface area contributed by atoms with Crippen molar-refractivity contribution in [2.24, 2.45) is 0 Å². The molecule has 0 aliphatic heterocycles. The molecule has 1 aromatic rings. The van der Waals surface area contributed by atoms with E-state index >= 15 is 0 Å². The van der Waals surface area contributed by atoms with Crippen LogP contribution in [0.5, 0.6) is 0 Å². The van der Waals surface area contributed by atoms with E-state index in [0.29, 0.717) is 10.0 Å². The average molecular weight is 230 g/mol. The first-order valence-corrected chi connectivity index (χ1v) is 5.18. The second kappa shape index (κ2) is 5.28. The molecule has 76 valence electrons. The Morgan fingerprint density at radius 2 is 1.86 bits per heavy atom. The largest absolute Gasteiger partial charge is 0.379 e. The molecule has 1 rings (SSSR count). The highest BCUT2D eigenvalue weighted by Crippen LogP contribution is 2.29. The average Bonchev–Trinajstić information content (AvgIpc) is 2.09. The number of hydrogen-bond donors (Lipinski definition) is 1. The van der Waals surface area contributed by atoms with Crippen molar-refractivity contribution in [2.45, 2.75) is 13.8 Å². The lowest BCUT2D eigenvalue weighted by Crippen LogP contribution is -1.99. The normalized spacial score (nSPS) is 9.71.